The van der Waals surface area contributed by atoms with Crippen LogP contribution in [0, 0.1) is 0 Å². The van der Waals surface area contributed by atoms with E-state index in [0.717, 1.165) is 17.0 Å². The Kier molecular flexibility index (Phi) is 5.73. The van der Waals surface area contributed by atoms with Crippen LogP contribution < -0.4 is 5.32 Å². The lowest BCUT2D eigenvalue weighted by atomic mass is 9.82. The van der Waals surface area contributed by atoms with E-state index < -0.39 is 21.8 Å². The van der Waals surface area contributed by atoms with Gasteiger partial charge in [-0.15, -0.1) is 0 Å². The minimum Gasteiger partial charge on any atom is -0.744 e. The fraction of sp³-hybridized carbons (Fsp3) is 0.579. The van der Waals surface area contributed by atoms with Crippen molar-refractivity contribution >= 4 is 27.6 Å². The zero-order chi connectivity index (χ0) is 20.6. The third-order valence-electron chi connectivity index (χ3n) is 4.76. The highest BCUT2D eigenvalue weighted by atomic mass is 32.2. The molecule has 0 aliphatic carbocycles. The third kappa shape index (κ3) is 4.87. The summed E-state index contributed by atoms with van der Waals surface area (Å²) in [5.74, 6) is 0. The maximum Gasteiger partial charge on any atom is 0.407 e. The average molecular weight is 397 g/mol. The molecule has 0 fully saturated rings. The second kappa shape index (κ2) is 7.24. The second-order valence-electron chi connectivity index (χ2n) is 8.28. The number of rotatable bonds is 5. The number of benzene rings is 1. The summed E-state index contributed by atoms with van der Waals surface area (Å²) in [5.41, 5.74) is 1.86. The predicted molar refractivity (Wildman–Crippen MR) is 102 cm³/mol. The number of ether oxygens (including phenoxy) is 1. The third-order valence-corrected chi connectivity index (χ3v) is 5.59. The van der Waals surface area contributed by atoms with Gasteiger partial charge in [0.15, 0.2) is 12.3 Å². The van der Waals surface area contributed by atoms with E-state index in [1.807, 2.05) is 41.5 Å². The molecule has 2 rings (SSSR count). The molecule has 1 amide bonds. The Balaban J connectivity index is 2.11. The van der Waals surface area contributed by atoms with E-state index >= 15 is 0 Å². The maximum atomic E-state index is 11.7. The molecule has 27 heavy (non-hydrogen) atoms. The monoisotopic (exact) mass is 396 g/mol. The van der Waals surface area contributed by atoms with Crippen LogP contribution >= 0.6 is 0 Å². The van der Waals surface area contributed by atoms with E-state index in [0.29, 0.717) is 19.5 Å². The molecule has 1 aromatic carbocycles. The average Bonchev–Trinajstić information content (AvgIpc) is 2.69. The van der Waals surface area contributed by atoms with E-state index in [4.69, 9.17) is 4.74 Å². The van der Waals surface area contributed by atoms with Crippen molar-refractivity contribution in [2.75, 3.05) is 13.1 Å². The van der Waals surface area contributed by atoms with Crippen molar-refractivity contribution in [3.63, 3.8) is 0 Å². The van der Waals surface area contributed by atoms with Gasteiger partial charge in [0.05, 0.1) is 10.3 Å². The molecule has 1 aromatic rings. The number of carbonyl (C=O) groups is 1. The van der Waals surface area contributed by atoms with Crippen LogP contribution in [0.3, 0.4) is 0 Å². The topological polar surface area (TPSA) is 98.5 Å². The first-order chi connectivity index (χ1) is 12.2. The van der Waals surface area contributed by atoms with E-state index in [1.54, 1.807) is 6.07 Å². The first-order valence-corrected chi connectivity index (χ1v) is 10.3. The number of hydrogen-bond donors (Lipinski definition) is 1. The van der Waals surface area contributed by atoms with Gasteiger partial charge in [-0.2, -0.15) is 4.58 Å². The smallest absolute Gasteiger partial charge is 0.407 e. The molecule has 0 spiro atoms. The molecule has 0 saturated heterocycles. The van der Waals surface area contributed by atoms with Gasteiger partial charge < -0.3 is 14.6 Å². The molecular weight excluding hydrogens is 368 g/mol. The summed E-state index contributed by atoms with van der Waals surface area (Å²) in [6, 6.07) is 4.50. The number of alkyl carbamates (subject to hydrolysis) is 1. The minimum atomic E-state index is -4.49. The van der Waals surface area contributed by atoms with Crippen LogP contribution in [0.5, 0.6) is 0 Å². The molecule has 0 unspecified atom stereocenters. The number of fused-ring (bicyclic) bond motifs is 1. The van der Waals surface area contributed by atoms with Crippen LogP contribution in [0.2, 0.25) is 0 Å². The quantitative estimate of drug-likeness (QED) is 0.469. The summed E-state index contributed by atoms with van der Waals surface area (Å²) in [4.78, 5) is 11.5. The van der Waals surface area contributed by atoms with Gasteiger partial charge in [0.2, 0.25) is 5.69 Å². The van der Waals surface area contributed by atoms with Gasteiger partial charge in [-0.05, 0) is 46.8 Å². The van der Waals surface area contributed by atoms with Gasteiger partial charge in [0, 0.05) is 31.5 Å². The van der Waals surface area contributed by atoms with Crippen molar-refractivity contribution < 1.29 is 27.1 Å². The molecule has 0 saturated carbocycles. The summed E-state index contributed by atoms with van der Waals surface area (Å²) in [6.07, 6.45) is 0.240. The van der Waals surface area contributed by atoms with Crippen LogP contribution in [0.25, 0.3) is 0 Å². The SMILES string of the molecule is CC1=[N+](CCCNC(=O)OC(C)(C)C)c2ccc(S(=O)(=O)[O-])cc2C1(C)C. The van der Waals surface area contributed by atoms with Gasteiger partial charge in [-0.1, -0.05) is 0 Å². The maximum absolute atomic E-state index is 11.7. The number of amides is 1. The van der Waals surface area contributed by atoms with Crippen molar-refractivity contribution in [1.29, 1.82) is 0 Å². The Morgan fingerprint density at radius 2 is 1.93 bits per heavy atom. The first kappa shape index (κ1) is 21.4. The second-order valence-corrected chi connectivity index (χ2v) is 9.66. The predicted octanol–water partition coefficient (Wildman–Crippen LogP) is 2.90. The summed E-state index contributed by atoms with van der Waals surface area (Å²) < 4.78 is 41.4. The highest BCUT2D eigenvalue weighted by Crippen LogP contribution is 2.40. The lowest BCUT2D eigenvalue weighted by molar-refractivity contribution is -0.439. The molecule has 0 radical (unpaired) electrons. The number of carbonyl (C=O) groups excluding carboxylic acids is 1. The normalized spacial score (nSPS) is 16.3. The van der Waals surface area contributed by atoms with E-state index in [9.17, 15) is 17.8 Å². The van der Waals surface area contributed by atoms with Crippen molar-refractivity contribution in [3.05, 3.63) is 23.8 Å². The van der Waals surface area contributed by atoms with Gasteiger partial charge in [-0.25, -0.2) is 13.2 Å². The minimum absolute atomic E-state index is 0.212. The molecule has 1 aliphatic rings. The molecule has 1 aliphatic heterocycles. The number of hydrogen-bond acceptors (Lipinski definition) is 5. The van der Waals surface area contributed by atoms with Crippen molar-refractivity contribution in [1.82, 2.24) is 5.32 Å². The molecule has 0 atom stereocenters. The van der Waals surface area contributed by atoms with Gasteiger partial charge in [0.25, 0.3) is 0 Å². The number of nitrogens with one attached hydrogen (secondary N) is 1. The Morgan fingerprint density at radius 1 is 1.30 bits per heavy atom. The molecule has 1 heterocycles. The fourth-order valence-corrected chi connectivity index (χ4v) is 3.65. The standard InChI is InChI=1S/C19H28N2O5S/c1-13-19(5,6)15-12-14(27(23,24)25)8-9-16(15)21(13)11-7-10-20-17(22)26-18(2,3)4/h8-9,12H,7,10-11H2,1-6H3,(H-,20,22,23,24,25). The first-order valence-electron chi connectivity index (χ1n) is 8.92. The zero-order valence-electron chi connectivity index (χ0n) is 16.8. The highest BCUT2D eigenvalue weighted by Gasteiger charge is 2.43. The van der Waals surface area contributed by atoms with Crippen LogP contribution in [0.15, 0.2) is 23.1 Å². The van der Waals surface area contributed by atoms with Crippen molar-refractivity contribution in [2.24, 2.45) is 0 Å². The van der Waals surface area contributed by atoms with E-state index in [-0.39, 0.29) is 10.3 Å². The van der Waals surface area contributed by atoms with E-state index in [2.05, 4.69) is 9.89 Å². The molecule has 7 nitrogen and oxygen atoms in total. The molecular formula is C19H28N2O5S. The van der Waals surface area contributed by atoms with Gasteiger partial charge >= 0.3 is 6.09 Å². The van der Waals surface area contributed by atoms with Crippen LogP contribution in [-0.4, -0.2) is 48.0 Å². The van der Waals surface area contributed by atoms with Crippen LogP contribution in [0.4, 0.5) is 10.5 Å². The summed E-state index contributed by atoms with van der Waals surface area (Å²) >= 11 is 0. The van der Waals surface area contributed by atoms with Crippen LogP contribution in [0.1, 0.15) is 53.5 Å². The summed E-state index contributed by atoms with van der Waals surface area (Å²) in [7, 11) is -4.49. The largest absolute Gasteiger partial charge is 0.744 e. The Labute approximate surface area is 161 Å². The van der Waals surface area contributed by atoms with Crippen molar-refractivity contribution in [2.45, 2.75) is 63.9 Å². The molecule has 0 aromatic heterocycles. The Morgan fingerprint density at radius 3 is 2.48 bits per heavy atom. The van der Waals surface area contributed by atoms with Crippen molar-refractivity contribution in [3.8, 4) is 0 Å². The lowest BCUT2D eigenvalue weighted by Crippen LogP contribution is -2.34. The molecule has 0 bridgehead atoms. The van der Waals surface area contributed by atoms with Gasteiger partial charge in [0.1, 0.15) is 15.7 Å². The summed E-state index contributed by atoms with van der Waals surface area (Å²) in [5, 5.41) is 2.73. The molecule has 8 heteroatoms. The van der Waals surface area contributed by atoms with Crippen LogP contribution in [-0.2, 0) is 20.3 Å². The lowest BCUT2D eigenvalue weighted by Gasteiger charge is -2.19. The zero-order valence-corrected chi connectivity index (χ0v) is 17.6. The van der Waals surface area contributed by atoms with E-state index in [1.165, 1.54) is 12.1 Å². The number of nitrogens with zero attached hydrogens (tertiary/aromatic N) is 1. The highest BCUT2D eigenvalue weighted by molar-refractivity contribution is 7.85. The van der Waals surface area contributed by atoms with Gasteiger partial charge in [-0.3, -0.25) is 0 Å². The summed E-state index contributed by atoms with van der Waals surface area (Å²) in [6.45, 7) is 12.5. The Hall–Kier alpha value is -1.93. The molecule has 150 valence electrons. The molecule has 1 N–H and O–H groups in total. The Bertz CT molecular complexity index is 880. The fourth-order valence-electron chi connectivity index (χ4n) is 3.15.